The second-order valence-electron chi connectivity index (χ2n) is 6.58. The maximum Gasteiger partial charge on any atom is 0.134 e. The molecule has 0 unspecified atom stereocenters. The summed E-state index contributed by atoms with van der Waals surface area (Å²) in [7, 11) is 1.59. The number of fused-ring (bicyclic) bond motifs is 1. The van der Waals surface area contributed by atoms with Crippen LogP contribution in [-0.4, -0.2) is 17.1 Å². The Morgan fingerprint density at radius 1 is 1.04 bits per heavy atom. The van der Waals surface area contributed by atoms with Crippen LogP contribution in [0.1, 0.15) is 11.1 Å². The molecule has 2 aromatic heterocycles. The van der Waals surface area contributed by atoms with E-state index >= 15 is 0 Å². The number of halogens is 1. The third-order valence-corrected chi connectivity index (χ3v) is 4.75. The molecule has 0 radical (unpaired) electrons. The van der Waals surface area contributed by atoms with Gasteiger partial charge in [-0.2, -0.15) is 0 Å². The number of aromatic nitrogens is 2. The van der Waals surface area contributed by atoms with Crippen molar-refractivity contribution in [1.82, 2.24) is 9.97 Å². The second kappa shape index (κ2) is 7.64. The Labute approximate surface area is 163 Å². The molecule has 1 N–H and O–H groups in total. The lowest BCUT2D eigenvalue weighted by Gasteiger charge is -2.16. The molecule has 4 nitrogen and oxygen atoms in total. The van der Waals surface area contributed by atoms with Crippen LogP contribution in [0, 0.1) is 12.7 Å². The van der Waals surface area contributed by atoms with Gasteiger partial charge in [0.25, 0.3) is 0 Å². The number of anilines is 1. The average Bonchev–Trinajstić information content (AvgIpc) is 2.73. The van der Waals surface area contributed by atoms with Crippen LogP contribution in [0.25, 0.3) is 21.9 Å². The number of pyridine rings is 2. The molecule has 0 aliphatic heterocycles. The summed E-state index contributed by atoms with van der Waals surface area (Å²) < 4.78 is 19.4. The van der Waals surface area contributed by atoms with Crippen molar-refractivity contribution in [2.75, 3.05) is 12.4 Å². The van der Waals surface area contributed by atoms with Crippen LogP contribution in [0.3, 0.4) is 0 Å². The molecule has 0 saturated carbocycles. The van der Waals surface area contributed by atoms with Crippen molar-refractivity contribution < 1.29 is 9.13 Å². The highest BCUT2D eigenvalue weighted by Gasteiger charge is 2.15. The van der Waals surface area contributed by atoms with Gasteiger partial charge in [-0.1, -0.05) is 24.3 Å². The van der Waals surface area contributed by atoms with Crippen LogP contribution in [0.15, 0.2) is 67.1 Å². The Morgan fingerprint density at radius 2 is 1.93 bits per heavy atom. The highest BCUT2D eigenvalue weighted by molar-refractivity contribution is 6.04. The number of rotatable bonds is 5. The minimum absolute atomic E-state index is 0.309. The number of hydrogen-bond acceptors (Lipinski definition) is 4. The molecule has 0 fully saturated rings. The molecule has 28 heavy (non-hydrogen) atoms. The smallest absolute Gasteiger partial charge is 0.134 e. The predicted molar refractivity (Wildman–Crippen MR) is 110 cm³/mol. The van der Waals surface area contributed by atoms with Gasteiger partial charge in [0, 0.05) is 41.6 Å². The fourth-order valence-electron chi connectivity index (χ4n) is 3.41. The number of aryl methyl sites for hydroxylation is 1. The van der Waals surface area contributed by atoms with Crippen molar-refractivity contribution in [3.63, 3.8) is 0 Å². The standard InChI is InChI=1S/C23H20FN3O/c1-15-5-3-7-18-22(15)20(19-11-17(24)8-9-21(19)28-2)14-27-23(18)26-13-16-6-4-10-25-12-16/h3-12,14H,13H2,1-2H3,(H,26,27). The molecule has 0 bridgehead atoms. The van der Waals surface area contributed by atoms with E-state index in [0.29, 0.717) is 17.9 Å². The minimum Gasteiger partial charge on any atom is -0.496 e. The first-order chi connectivity index (χ1) is 13.7. The minimum atomic E-state index is -0.309. The molecular weight excluding hydrogens is 353 g/mol. The summed E-state index contributed by atoms with van der Waals surface area (Å²) in [4.78, 5) is 8.78. The number of hydrogen-bond donors (Lipinski definition) is 1. The third-order valence-electron chi connectivity index (χ3n) is 4.75. The van der Waals surface area contributed by atoms with Gasteiger partial charge in [-0.05, 0) is 47.7 Å². The van der Waals surface area contributed by atoms with Gasteiger partial charge < -0.3 is 10.1 Å². The number of nitrogens with one attached hydrogen (secondary N) is 1. The SMILES string of the molecule is COc1ccc(F)cc1-c1cnc(NCc2cccnc2)c2cccc(C)c12. The van der Waals surface area contributed by atoms with Crippen molar-refractivity contribution in [1.29, 1.82) is 0 Å². The largest absolute Gasteiger partial charge is 0.496 e. The molecule has 140 valence electrons. The van der Waals surface area contributed by atoms with Crippen LogP contribution in [0.5, 0.6) is 5.75 Å². The Morgan fingerprint density at radius 3 is 2.71 bits per heavy atom. The molecule has 0 spiro atoms. The topological polar surface area (TPSA) is 47.0 Å². The van der Waals surface area contributed by atoms with E-state index in [2.05, 4.69) is 15.3 Å². The van der Waals surface area contributed by atoms with Crippen LogP contribution in [0.2, 0.25) is 0 Å². The van der Waals surface area contributed by atoms with E-state index in [9.17, 15) is 4.39 Å². The molecule has 0 aliphatic carbocycles. The molecule has 0 aliphatic rings. The van der Waals surface area contributed by atoms with E-state index < -0.39 is 0 Å². The van der Waals surface area contributed by atoms with E-state index in [1.807, 2.05) is 43.5 Å². The first kappa shape index (κ1) is 17.9. The van der Waals surface area contributed by atoms with Crippen molar-refractivity contribution in [3.05, 3.63) is 84.1 Å². The number of nitrogens with zero attached hydrogens (tertiary/aromatic N) is 2. The number of ether oxygens (including phenoxy) is 1. The zero-order chi connectivity index (χ0) is 19.5. The van der Waals surface area contributed by atoms with E-state index in [0.717, 1.165) is 33.3 Å². The van der Waals surface area contributed by atoms with Crippen LogP contribution in [-0.2, 0) is 6.54 Å². The molecule has 0 atom stereocenters. The fourth-order valence-corrected chi connectivity index (χ4v) is 3.41. The zero-order valence-corrected chi connectivity index (χ0v) is 15.7. The molecule has 4 rings (SSSR count). The summed E-state index contributed by atoms with van der Waals surface area (Å²) in [5, 5.41) is 5.40. The van der Waals surface area contributed by atoms with Crippen LogP contribution >= 0.6 is 0 Å². The van der Waals surface area contributed by atoms with Gasteiger partial charge in [0.2, 0.25) is 0 Å². The molecule has 5 heteroatoms. The summed E-state index contributed by atoms with van der Waals surface area (Å²) in [6.45, 7) is 2.66. The Balaban J connectivity index is 1.84. The molecular formula is C23H20FN3O. The van der Waals surface area contributed by atoms with Gasteiger partial charge >= 0.3 is 0 Å². The average molecular weight is 373 g/mol. The Bertz CT molecular complexity index is 1130. The van der Waals surface area contributed by atoms with Crippen LogP contribution in [0.4, 0.5) is 10.2 Å². The molecule has 0 saturated heterocycles. The number of methoxy groups -OCH3 is 1. The van der Waals surface area contributed by atoms with Gasteiger partial charge in [0.05, 0.1) is 7.11 Å². The highest BCUT2D eigenvalue weighted by atomic mass is 19.1. The molecule has 2 heterocycles. The van der Waals surface area contributed by atoms with Gasteiger partial charge in [-0.3, -0.25) is 4.98 Å². The second-order valence-corrected chi connectivity index (χ2v) is 6.58. The fraction of sp³-hybridized carbons (Fsp3) is 0.130. The van der Waals surface area contributed by atoms with Crippen molar-refractivity contribution in [2.24, 2.45) is 0 Å². The highest BCUT2D eigenvalue weighted by Crippen LogP contribution is 2.38. The predicted octanol–water partition coefficient (Wildman–Crippen LogP) is 5.37. The van der Waals surface area contributed by atoms with Gasteiger partial charge in [0.1, 0.15) is 17.4 Å². The Hall–Kier alpha value is -3.47. The number of benzene rings is 2. The molecule has 0 amide bonds. The lowest BCUT2D eigenvalue weighted by atomic mass is 9.96. The quantitative estimate of drug-likeness (QED) is 0.511. The molecule has 2 aromatic carbocycles. The first-order valence-electron chi connectivity index (χ1n) is 9.02. The monoisotopic (exact) mass is 373 g/mol. The molecule has 4 aromatic rings. The first-order valence-corrected chi connectivity index (χ1v) is 9.02. The van der Waals surface area contributed by atoms with E-state index in [1.165, 1.54) is 12.1 Å². The maximum absolute atomic E-state index is 14.0. The van der Waals surface area contributed by atoms with E-state index in [1.54, 1.807) is 25.6 Å². The zero-order valence-electron chi connectivity index (χ0n) is 15.7. The lowest BCUT2D eigenvalue weighted by molar-refractivity contribution is 0.415. The van der Waals surface area contributed by atoms with Crippen molar-refractivity contribution in [2.45, 2.75) is 13.5 Å². The Kier molecular flexibility index (Phi) is 4.89. The van der Waals surface area contributed by atoms with Gasteiger partial charge in [-0.25, -0.2) is 9.37 Å². The maximum atomic E-state index is 14.0. The van der Waals surface area contributed by atoms with E-state index in [4.69, 9.17) is 4.74 Å². The summed E-state index contributed by atoms with van der Waals surface area (Å²) in [5.74, 6) is 1.09. The van der Waals surface area contributed by atoms with Crippen molar-refractivity contribution >= 4 is 16.6 Å². The normalized spacial score (nSPS) is 10.8. The third kappa shape index (κ3) is 3.39. The van der Waals surface area contributed by atoms with Crippen LogP contribution < -0.4 is 10.1 Å². The van der Waals surface area contributed by atoms with E-state index in [-0.39, 0.29) is 5.82 Å². The van der Waals surface area contributed by atoms with Crippen molar-refractivity contribution in [3.8, 4) is 16.9 Å². The summed E-state index contributed by atoms with van der Waals surface area (Å²) >= 11 is 0. The lowest BCUT2D eigenvalue weighted by Crippen LogP contribution is -2.03. The summed E-state index contributed by atoms with van der Waals surface area (Å²) in [5.41, 5.74) is 3.69. The van der Waals surface area contributed by atoms with Gasteiger partial charge in [-0.15, -0.1) is 0 Å². The summed E-state index contributed by atoms with van der Waals surface area (Å²) in [6.07, 6.45) is 5.35. The van der Waals surface area contributed by atoms with Gasteiger partial charge in [0.15, 0.2) is 0 Å². The summed E-state index contributed by atoms with van der Waals surface area (Å²) in [6, 6.07) is 14.5.